The average Bonchev–Trinajstić information content (AvgIpc) is 3.92. The number of anilines is 6. The average molecular weight is 879 g/mol. The molecule has 2 nitrogen and oxygen atoms in total. The number of hydrogen-bond donors (Lipinski definition) is 0. The molecule has 2 atom stereocenters. The van der Waals surface area contributed by atoms with E-state index in [-0.39, 0.29) is 39.2 Å². The van der Waals surface area contributed by atoms with Crippen LogP contribution in [0, 0.1) is 0 Å². The molecule has 0 saturated heterocycles. The van der Waals surface area contributed by atoms with Crippen LogP contribution in [0.5, 0.6) is 0 Å². The molecule has 1 aromatic heterocycles. The molecular weight excluding hydrogens is 804 g/mol. The van der Waals surface area contributed by atoms with Crippen molar-refractivity contribution in [1.29, 1.82) is 0 Å². The van der Waals surface area contributed by atoms with E-state index in [0.717, 1.165) is 0 Å². The van der Waals surface area contributed by atoms with Gasteiger partial charge in [0.15, 0.2) is 0 Å². The number of rotatable bonds is 2. The normalized spacial score (nSPS) is 18.3. The van der Waals surface area contributed by atoms with E-state index >= 15 is 0 Å². The lowest BCUT2D eigenvalue weighted by molar-refractivity contribution is 0.568. The summed E-state index contributed by atoms with van der Waals surface area (Å²) in [5.41, 5.74) is 22.4. The largest absolute Gasteiger partial charge is 0.311 e. The fourth-order valence-corrected chi connectivity index (χ4v) is 13.0. The minimum Gasteiger partial charge on any atom is -0.311 e. The summed E-state index contributed by atoms with van der Waals surface area (Å²) in [6, 6.07) is 33.0. The first-order chi connectivity index (χ1) is 30.0. The van der Waals surface area contributed by atoms with E-state index in [1.165, 1.54) is 113 Å². The van der Waals surface area contributed by atoms with E-state index in [4.69, 9.17) is 0 Å². The van der Waals surface area contributed by atoms with E-state index in [0.29, 0.717) is 11.8 Å². The lowest BCUT2D eigenvalue weighted by Gasteiger charge is -2.45. The zero-order valence-electron chi connectivity index (χ0n) is 43.2. The molecule has 5 aromatic carbocycles. The van der Waals surface area contributed by atoms with Gasteiger partial charge in [-0.2, -0.15) is 0 Å². The Morgan fingerprint density at radius 2 is 0.954 bits per heavy atom. The summed E-state index contributed by atoms with van der Waals surface area (Å²) in [5.74, 6) is 1.33. The highest BCUT2D eigenvalue weighted by atomic mass is 32.1. The van der Waals surface area contributed by atoms with E-state index in [1.807, 2.05) is 0 Å². The predicted octanol–water partition coefficient (Wildman–Crippen LogP) is 16.1. The van der Waals surface area contributed by atoms with Crippen molar-refractivity contribution in [2.24, 2.45) is 0 Å². The zero-order valence-corrected chi connectivity index (χ0v) is 44.0. The Labute approximate surface area is 397 Å². The molecule has 0 radical (unpaired) electrons. The maximum absolute atomic E-state index is 2.74. The summed E-state index contributed by atoms with van der Waals surface area (Å²) in [4.78, 5) is 5.47. The summed E-state index contributed by atoms with van der Waals surface area (Å²) >= 11 is 2.08. The molecule has 10 rings (SSSR count). The van der Waals surface area contributed by atoms with E-state index in [2.05, 4.69) is 225 Å². The van der Waals surface area contributed by atoms with Gasteiger partial charge in [-0.3, -0.25) is 0 Å². The molecule has 0 N–H and O–H groups in total. The van der Waals surface area contributed by atoms with Gasteiger partial charge in [-0.1, -0.05) is 155 Å². The van der Waals surface area contributed by atoms with Gasteiger partial charge < -0.3 is 9.80 Å². The van der Waals surface area contributed by atoms with Crippen LogP contribution in [0.2, 0.25) is 0 Å². The molecule has 3 heterocycles. The Kier molecular flexibility index (Phi) is 9.69. The summed E-state index contributed by atoms with van der Waals surface area (Å²) < 4.78 is 2.89. The third-order valence-corrected chi connectivity index (χ3v) is 16.9. The summed E-state index contributed by atoms with van der Waals surface area (Å²) in [5, 5.41) is 1.43. The molecule has 1 saturated carbocycles. The molecule has 2 aliphatic heterocycles. The second-order valence-corrected chi connectivity index (χ2v) is 27.9. The van der Waals surface area contributed by atoms with Crippen LogP contribution in [0.15, 0.2) is 78.9 Å². The Morgan fingerprint density at radius 3 is 1.48 bits per heavy atom. The van der Waals surface area contributed by atoms with Gasteiger partial charge in [0.05, 0.1) is 5.69 Å². The SMILES string of the molecule is CC(C)(C)c1ccc(N2c3cc(C(C)(C)C)cc4c3B(c3cc5c(cc3N4c3cc(C(C)(C)C)cc(C(C)(C)C)c3)C3CCC5C3)c3sc4cc(C(C)(C)C)cc(C(C)(C)C)c4c32)cc1. The van der Waals surface area contributed by atoms with Gasteiger partial charge in [0.1, 0.15) is 0 Å². The van der Waals surface area contributed by atoms with Crippen LogP contribution < -0.4 is 25.5 Å². The lowest BCUT2D eigenvalue weighted by Crippen LogP contribution is -2.60. The number of thiophene rings is 1. The fraction of sp³-hybridized carbons (Fsp3) is 0.475. The minimum atomic E-state index is -0.0924. The van der Waals surface area contributed by atoms with Crippen molar-refractivity contribution in [2.75, 3.05) is 9.80 Å². The molecule has 0 spiro atoms. The first-order valence-electron chi connectivity index (χ1n) is 24.8. The molecule has 0 amide bonds. The van der Waals surface area contributed by atoms with Gasteiger partial charge in [-0.25, -0.2) is 0 Å². The number of hydrogen-bond acceptors (Lipinski definition) is 3. The van der Waals surface area contributed by atoms with Crippen molar-refractivity contribution in [1.82, 2.24) is 0 Å². The Bertz CT molecular complexity index is 2890. The summed E-state index contributed by atoms with van der Waals surface area (Å²) in [7, 11) is 0. The number of benzene rings is 5. The predicted molar refractivity (Wildman–Crippen MR) is 287 cm³/mol. The van der Waals surface area contributed by atoms with Crippen LogP contribution in [-0.2, 0) is 32.5 Å². The van der Waals surface area contributed by atoms with Crippen LogP contribution >= 0.6 is 11.3 Å². The van der Waals surface area contributed by atoms with E-state index < -0.39 is 0 Å². The maximum Gasteiger partial charge on any atom is 0.264 e. The first kappa shape index (κ1) is 44.6. The van der Waals surface area contributed by atoms with Gasteiger partial charge in [0, 0.05) is 43.3 Å². The second-order valence-electron chi connectivity index (χ2n) is 26.8. The van der Waals surface area contributed by atoms with Gasteiger partial charge in [-0.05, 0) is 168 Å². The van der Waals surface area contributed by atoms with Gasteiger partial charge >= 0.3 is 0 Å². The molecule has 338 valence electrons. The zero-order chi connectivity index (χ0) is 46.9. The fourth-order valence-electron chi connectivity index (χ4n) is 11.7. The smallest absolute Gasteiger partial charge is 0.264 e. The minimum absolute atomic E-state index is 0.0143. The van der Waals surface area contributed by atoms with Gasteiger partial charge in [0.2, 0.25) is 0 Å². The molecule has 4 aliphatic rings. The second kappa shape index (κ2) is 14.1. The van der Waals surface area contributed by atoms with Gasteiger partial charge in [-0.15, -0.1) is 11.3 Å². The molecule has 65 heavy (non-hydrogen) atoms. The third-order valence-electron chi connectivity index (χ3n) is 15.7. The van der Waals surface area contributed by atoms with Crippen molar-refractivity contribution < 1.29 is 0 Å². The molecule has 2 bridgehead atoms. The highest BCUT2D eigenvalue weighted by Crippen LogP contribution is 2.57. The van der Waals surface area contributed by atoms with Crippen molar-refractivity contribution in [3.8, 4) is 0 Å². The van der Waals surface area contributed by atoms with Crippen molar-refractivity contribution in [3.63, 3.8) is 0 Å². The van der Waals surface area contributed by atoms with E-state index in [9.17, 15) is 0 Å². The summed E-state index contributed by atoms with van der Waals surface area (Å²) in [6.07, 6.45) is 3.94. The Balaban J connectivity index is 1.39. The maximum atomic E-state index is 2.74. The topological polar surface area (TPSA) is 6.48 Å². The monoisotopic (exact) mass is 879 g/mol. The van der Waals surface area contributed by atoms with E-state index in [1.54, 1.807) is 11.1 Å². The Morgan fingerprint density at radius 1 is 0.462 bits per heavy atom. The molecule has 2 aliphatic carbocycles. The molecular formula is C61H75BN2S. The molecule has 6 aromatic rings. The van der Waals surface area contributed by atoms with Crippen LogP contribution in [0.4, 0.5) is 34.1 Å². The molecule has 4 heteroatoms. The lowest BCUT2D eigenvalue weighted by atomic mass is 9.36. The first-order valence-corrected chi connectivity index (χ1v) is 25.7. The van der Waals surface area contributed by atoms with Crippen molar-refractivity contribution in [2.45, 2.75) is 188 Å². The Hall–Kier alpha value is -4.28. The number of nitrogens with zero attached hydrogens (tertiary/aromatic N) is 2. The summed E-state index contributed by atoms with van der Waals surface area (Å²) in [6.45, 7) is 43.0. The molecule has 2 unspecified atom stereocenters. The quantitative estimate of drug-likeness (QED) is 0.160. The van der Waals surface area contributed by atoms with Crippen LogP contribution in [0.3, 0.4) is 0 Å². The number of fused-ring (bicyclic) bond motifs is 11. The third kappa shape index (κ3) is 7.16. The highest BCUT2D eigenvalue weighted by molar-refractivity contribution is 7.33. The van der Waals surface area contributed by atoms with Crippen LogP contribution in [0.25, 0.3) is 10.1 Å². The van der Waals surface area contributed by atoms with Crippen molar-refractivity contribution >= 4 is 78.0 Å². The van der Waals surface area contributed by atoms with Gasteiger partial charge in [0.25, 0.3) is 6.71 Å². The highest BCUT2D eigenvalue weighted by Gasteiger charge is 2.49. The van der Waals surface area contributed by atoms with Crippen molar-refractivity contribution in [3.05, 3.63) is 123 Å². The molecule has 1 fully saturated rings. The van der Waals surface area contributed by atoms with Crippen LogP contribution in [0.1, 0.15) is 200 Å². The van der Waals surface area contributed by atoms with Crippen LogP contribution in [-0.4, -0.2) is 6.71 Å². The standard InChI is InChI=1S/C61H75BN2S/c1-56(2,3)37-21-23-42(24-22-37)64-50-31-41(60(13,14)15)30-49-53(50)62(55-54(64)52-46(61(16,17)18)29-40(59(10,11)12)32-51(52)65-55)47-33-44-35-19-20-36(25-35)45(44)34-48(47)63(49)43-27-38(57(4,5)6)26-39(28-43)58(7,8)9/h21-24,26-36H,19-20,25H2,1-18H3.